The third-order valence-corrected chi connectivity index (χ3v) is 3.01. The maximum Gasteiger partial charge on any atom is 0.189 e. The molecule has 112 valence electrons. The summed E-state index contributed by atoms with van der Waals surface area (Å²) in [5, 5.41) is 3.16. The summed E-state index contributed by atoms with van der Waals surface area (Å²) in [6, 6.07) is 8.62. The van der Waals surface area contributed by atoms with Crippen LogP contribution in [0.4, 0.5) is 0 Å². The Morgan fingerprint density at radius 3 is 2.65 bits per heavy atom. The van der Waals surface area contributed by atoms with Crippen LogP contribution in [-0.2, 0) is 17.9 Å². The van der Waals surface area contributed by atoms with E-state index in [2.05, 4.69) is 42.4 Å². The van der Waals surface area contributed by atoms with E-state index >= 15 is 0 Å². The first-order valence-corrected chi connectivity index (χ1v) is 7.27. The Hall–Kier alpha value is -1.55. The largest absolute Gasteiger partial charge is 0.374 e. The van der Waals surface area contributed by atoms with Crippen LogP contribution in [0.15, 0.2) is 29.3 Å². The van der Waals surface area contributed by atoms with Crippen molar-refractivity contribution in [2.75, 3.05) is 0 Å². The van der Waals surface area contributed by atoms with E-state index in [4.69, 9.17) is 10.5 Å². The van der Waals surface area contributed by atoms with Gasteiger partial charge in [-0.1, -0.05) is 31.2 Å². The Morgan fingerprint density at radius 2 is 2.00 bits per heavy atom. The molecule has 0 aromatic heterocycles. The van der Waals surface area contributed by atoms with Gasteiger partial charge >= 0.3 is 0 Å². The zero-order chi connectivity index (χ0) is 15.0. The number of hydrogen-bond acceptors (Lipinski definition) is 2. The summed E-state index contributed by atoms with van der Waals surface area (Å²) in [5.74, 6) is 0.503. The Labute approximate surface area is 122 Å². The van der Waals surface area contributed by atoms with Gasteiger partial charge < -0.3 is 15.8 Å². The van der Waals surface area contributed by atoms with E-state index in [1.165, 1.54) is 5.56 Å². The molecule has 1 rings (SSSR count). The minimum atomic E-state index is 0.243. The number of nitrogens with two attached hydrogens (primary N) is 1. The topological polar surface area (TPSA) is 59.6 Å². The average Bonchev–Trinajstić information content (AvgIpc) is 2.43. The summed E-state index contributed by atoms with van der Waals surface area (Å²) in [6.07, 6.45) is 1.27. The standard InChI is InChI=1S/C16H27N3O/c1-5-13(4)19-16(17)18-10-14-7-6-8-15(9-14)11-20-12(2)3/h6-9,12-13H,5,10-11H2,1-4H3,(H3,17,18,19). The van der Waals surface area contributed by atoms with Crippen molar-refractivity contribution >= 4 is 5.96 Å². The quantitative estimate of drug-likeness (QED) is 0.595. The minimum Gasteiger partial charge on any atom is -0.374 e. The maximum absolute atomic E-state index is 5.85. The second kappa shape index (κ2) is 8.59. The lowest BCUT2D eigenvalue weighted by atomic mass is 10.1. The number of benzene rings is 1. The normalized spacial score (nSPS) is 13.6. The first-order valence-electron chi connectivity index (χ1n) is 7.27. The van der Waals surface area contributed by atoms with Gasteiger partial charge in [0, 0.05) is 6.04 Å². The van der Waals surface area contributed by atoms with E-state index in [0.29, 0.717) is 25.2 Å². The Kier molecular flexibility index (Phi) is 7.09. The molecule has 0 aliphatic rings. The molecule has 1 atom stereocenters. The molecule has 0 aliphatic heterocycles. The van der Waals surface area contributed by atoms with Crippen LogP contribution in [-0.4, -0.2) is 18.1 Å². The lowest BCUT2D eigenvalue weighted by molar-refractivity contribution is 0.0657. The Bertz CT molecular complexity index is 429. The third-order valence-electron chi connectivity index (χ3n) is 3.01. The minimum absolute atomic E-state index is 0.243. The van der Waals surface area contributed by atoms with Crippen LogP contribution in [0.2, 0.25) is 0 Å². The van der Waals surface area contributed by atoms with Crippen molar-refractivity contribution in [3.63, 3.8) is 0 Å². The molecule has 4 heteroatoms. The number of ether oxygens (including phenoxy) is 1. The third kappa shape index (κ3) is 6.57. The fourth-order valence-corrected chi connectivity index (χ4v) is 1.66. The summed E-state index contributed by atoms with van der Waals surface area (Å²) >= 11 is 0. The van der Waals surface area contributed by atoms with E-state index < -0.39 is 0 Å². The SMILES string of the molecule is CCC(C)NC(N)=NCc1cccc(COC(C)C)c1. The molecule has 1 unspecified atom stereocenters. The van der Waals surface area contributed by atoms with Crippen LogP contribution in [0, 0.1) is 0 Å². The van der Waals surface area contributed by atoms with Crippen molar-refractivity contribution in [3.05, 3.63) is 35.4 Å². The lowest BCUT2D eigenvalue weighted by Crippen LogP contribution is -2.38. The van der Waals surface area contributed by atoms with Crippen molar-refractivity contribution in [2.45, 2.75) is 59.4 Å². The van der Waals surface area contributed by atoms with Gasteiger partial charge in [0.25, 0.3) is 0 Å². The maximum atomic E-state index is 5.85. The van der Waals surface area contributed by atoms with Gasteiger partial charge in [-0.05, 0) is 38.3 Å². The highest BCUT2D eigenvalue weighted by molar-refractivity contribution is 5.78. The smallest absolute Gasteiger partial charge is 0.189 e. The highest BCUT2D eigenvalue weighted by Crippen LogP contribution is 2.09. The van der Waals surface area contributed by atoms with Gasteiger partial charge in [-0.3, -0.25) is 0 Å². The van der Waals surface area contributed by atoms with Crippen LogP contribution >= 0.6 is 0 Å². The molecule has 0 bridgehead atoms. The van der Waals surface area contributed by atoms with Crippen molar-refractivity contribution in [3.8, 4) is 0 Å². The molecular formula is C16H27N3O. The van der Waals surface area contributed by atoms with Crippen LogP contribution in [0.25, 0.3) is 0 Å². The van der Waals surface area contributed by atoms with E-state index in [-0.39, 0.29) is 6.10 Å². The van der Waals surface area contributed by atoms with E-state index in [0.717, 1.165) is 12.0 Å². The number of guanidine groups is 1. The monoisotopic (exact) mass is 277 g/mol. The lowest BCUT2D eigenvalue weighted by Gasteiger charge is -2.12. The van der Waals surface area contributed by atoms with Gasteiger partial charge in [0.2, 0.25) is 0 Å². The van der Waals surface area contributed by atoms with Crippen LogP contribution in [0.3, 0.4) is 0 Å². The molecule has 0 spiro atoms. The molecule has 0 aliphatic carbocycles. The second-order valence-electron chi connectivity index (χ2n) is 5.33. The summed E-state index contributed by atoms with van der Waals surface area (Å²) in [7, 11) is 0. The van der Waals surface area contributed by atoms with Crippen molar-refractivity contribution in [1.82, 2.24) is 5.32 Å². The predicted molar refractivity (Wildman–Crippen MR) is 84.6 cm³/mol. The van der Waals surface area contributed by atoms with Gasteiger partial charge in [0.1, 0.15) is 0 Å². The Morgan fingerprint density at radius 1 is 1.30 bits per heavy atom. The first kappa shape index (κ1) is 16.5. The van der Waals surface area contributed by atoms with Crippen molar-refractivity contribution < 1.29 is 4.74 Å². The summed E-state index contributed by atoms with van der Waals surface area (Å²) in [5.41, 5.74) is 8.16. The van der Waals surface area contributed by atoms with Crippen molar-refractivity contribution in [1.29, 1.82) is 0 Å². The Balaban J connectivity index is 2.55. The fraction of sp³-hybridized carbons (Fsp3) is 0.562. The van der Waals surface area contributed by atoms with Gasteiger partial charge in [-0.2, -0.15) is 0 Å². The zero-order valence-corrected chi connectivity index (χ0v) is 13.0. The molecule has 0 heterocycles. The van der Waals surface area contributed by atoms with Crippen LogP contribution in [0.1, 0.15) is 45.2 Å². The van der Waals surface area contributed by atoms with Gasteiger partial charge in [0.15, 0.2) is 5.96 Å². The highest BCUT2D eigenvalue weighted by Gasteiger charge is 2.01. The molecule has 0 saturated carbocycles. The number of hydrogen-bond donors (Lipinski definition) is 2. The molecular weight excluding hydrogens is 250 g/mol. The van der Waals surface area contributed by atoms with Crippen LogP contribution in [0.5, 0.6) is 0 Å². The molecule has 1 aromatic rings. The average molecular weight is 277 g/mol. The molecule has 0 saturated heterocycles. The number of aliphatic imine (C=N–C) groups is 1. The highest BCUT2D eigenvalue weighted by atomic mass is 16.5. The molecule has 0 amide bonds. The molecule has 0 fully saturated rings. The fourth-order valence-electron chi connectivity index (χ4n) is 1.66. The first-order chi connectivity index (χ1) is 9.51. The zero-order valence-electron chi connectivity index (χ0n) is 13.0. The van der Waals surface area contributed by atoms with Gasteiger partial charge in [-0.15, -0.1) is 0 Å². The number of nitrogens with one attached hydrogen (secondary N) is 1. The van der Waals surface area contributed by atoms with Crippen molar-refractivity contribution in [2.24, 2.45) is 10.7 Å². The molecule has 3 N–H and O–H groups in total. The van der Waals surface area contributed by atoms with E-state index in [9.17, 15) is 0 Å². The second-order valence-corrected chi connectivity index (χ2v) is 5.33. The molecule has 0 radical (unpaired) electrons. The van der Waals surface area contributed by atoms with Gasteiger partial charge in [-0.25, -0.2) is 4.99 Å². The number of rotatable bonds is 7. The molecule has 20 heavy (non-hydrogen) atoms. The molecule has 4 nitrogen and oxygen atoms in total. The summed E-state index contributed by atoms with van der Waals surface area (Å²) in [4.78, 5) is 4.36. The van der Waals surface area contributed by atoms with Crippen LogP contribution < -0.4 is 11.1 Å². The summed E-state index contributed by atoms with van der Waals surface area (Å²) in [6.45, 7) is 9.50. The van der Waals surface area contributed by atoms with E-state index in [1.54, 1.807) is 0 Å². The molecule has 1 aromatic carbocycles. The van der Waals surface area contributed by atoms with Gasteiger partial charge in [0.05, 0.1) is 19.3 Å². The predicted octanol–water partition coefficient (Wildman–Crippen LogP) is 2.81. The van der Waals surface area contributed by atoms with E-state index in [1.807, 2.05) is 19.9 Å². The number of nitrogens with zero attached hydrogens (tertiary/aromatic N) is 1. The summed E-state index contributed by atoms with van der Waals surface area (Å²) < 4.78 is 5.60.